The topological polar surface area (TPSA) is 68.7 Å². The SMILES string of the molecule is CCOP(OCC)C(F)(F)c1cc2cnc(C(=O)O)cc2cc1Br. The van der Waals surface area contributed by atoms with Crippen molar-refractivity contribution in [1.82, 2.24) is 4.98 Å². The lowest BCUT2D eigenvalue weighted by molar-refractivity contribution is 0.0564. The molecular weight excluding hydrogens is 407 g/mol. The standard InChI is InChI=1S/C15H15BrF2NO4P/c1-3-22-24(23-4-2)15(17,18)11-5-10-8-19-13(14(20)21)7-9(10)6-12(11)16/h5-8H,3-4H2,1-2H3,(H,20,21). The zero-order valence-corrected chi connectivity index (χ0v) is 15.4. The minimum absolute atomic E-state index is 0.107. The number of carboxylic acid groups (broad SMARTS) is 1. The second-order valence-electron chi connectivity index (χ2n) is 4.69. The summed E-state index contributed by atoms with van der Waals surface area (Å²) in [4.78, 5) is 14.7. The van der Waals surface area contributed by atoms with Gasteiger partial charge in [-0.2, -0.15) is 8.78 Å². The molecule has 130 valence electrons. The van der Waals surface area contributed by atoms with Gasteiger partial charge in [0.15, 0.2) is 0 Å². The Bertz CT molecular complexity index is 754. The van der Waals surface area contributed by atoms with Gasteiger partial charge in [0.1, 0.15) is 5.69 Å². The van der Waals surface area contributed by atoms with Crippen LogP contribution in [-0.2, 0) is 14.7 Å². The first-order valence-electron chi connectivity index (χ1n) is 7.08. The van der Waals surface area contributed by atoms with Crippen molar-refractivity contribution >= 4 is 41.0 Å². The second kappa shape index (κ2) is 7.78. The van der Waals surface area contributed by atoms with Crippen LogP contribution in [0.4, 0.5) is 8.78 Å². The van der Waals surface area contributed by atoms with Crippen molar-refractivity contribution < 1.29 is 27.7 Å². The molecule has 9 heteroatoms. The number of pyridine rings is 1. The first-order valence-corrected chi connectivity index (χ1v) is 9.05. The van der Waals surface area contributed by atoms with Crippen molar-refractivity contribution in [2.24, 2.45) is 0 Å². The fourth-order valence-electron chi connectivity index (χ4n) is 2.05. The molecule has 1 aromatic carbocycles. The molecule has 0 aliphatic rings. The molecule has 2 aromatic rings. The highest BCUT2D eigenvalue weighted by molar-refractivity contribution is 9.10. The van der Waals surface area contributed by atoms with Crippen molar-refractivity contribution in [3.05, 3.63) is 40.1 Å². The minimum Gasteiger partial charge on any atom is -0.477 e. The van der Waals surface area contributed by atoms with Gasteiger partial charge in [-0.05, 0) is 37.4 Å². The molecule has 0 saturated heterocycles. The third-order valence-electron chi connectivity index (χ3n) is 3.07. The summed E-state index contributed by atoms with van der Waals surface area (Å²) in [5.74, 6) is -1.18. The highest BCUT2D eigenvalue weighted by Gasteiger charge is 2.46. The van der Waals surface area contributed by atoms with Crippen LogP contribution in [0.15, 0.2) is 28.9 Å². The number of benzene rings is 1. The van der Waals surface area contributed by atoms with Crippen LogP contribution in [0.3, 0.4) is 0 Å². The summed E-state index contributed by atoms with van der Waals surface area (Å²) in [7, 11) is -2.45. The number of rotatable bonds is 7. The molecule has 0 amide bonds. The molecule has 5 nitrogen and oxygen atoms in total. The lowest BCUT2D eigenvalue weighted by atomic mass is 10.1. The number of hydrogen-bond donors (Lipinski definition) is 1. The van der Waals surface area contributed by atoms with Gasteiger partial charge in [0, 0.05) is 21.6 Å². The van der Waals surface area contributed by atoms with Gasteiger partial charge >= 0.3 is 11.6 Å². The number of nitrogens with zero attached hydrogens (tertiary/aromatic N) is 1. The van der Waals surface area contributed by atoms with Crippen molar-refractivity contribution in [3.8, 4) is 0 Å². The van der Waals surface area contributed by atoms with Gasteiger partial charge in [-0.15, -0.1) is 0 Å². The van der Waals surface area contributed by atoms with E-state index < -0.39 is 20.0 Å². The van der Waals surface area contributed by atoms with Crippen molar-refractivity contribution in [2.75, 3.05) is 13.2 Å². The maximum absolute atomic E-state index is 14.8. The second-order valence-corrected chi connectivity index (χ2v) is 7.13. The van der Waals surface area contributed by atoms with Crippen LogP contribution in [0, 0.1) is 0 Å². The van der Waals surface area contributed by atoms with Crippen LogP contribution in [0.2, 0.25) is 0 Å². The highest BCUT2D eigenvalue weighted by atomic mass is 79.9. The van der Waals surface area contributed by atoms with Crippen LogP contribution in [0.5, 0.6) is 0 Å². The Morgan fingerprint density at radius 1 is 1.25 bits per heavy atom. The Balaban J connectivity index is 2.52. The summed E-state index contributed by atoms with van der Waals surface area (Å²) >= 11 is 3.14. The van der Waals surface area contributed by atoms with E-state index in [1.807, 2.05) is 0 Å². The van der Waals surface area contributed by atoms with Crippen LogP contribution in [0.1, 0.15) is 29.9 Å². The molecule has 0 atom stereocenters. The van der Waals surface area contributed by atoms with E-state index >= 15 is 0 Å². The third kappa shape index (κ3) is 3.88. The summed E-state index contributed by atoms with van der Waals surface area (Å²) < 4.78 is 40.0. The number of carboxylic acids is 1. The Morgan fingerprint density at radius 3 is 2.42 bits per heavy atom. The lowest BCUT2D eigenvalue weighted by Crippen LogP contribution is -2.15. The molecule has 0 aliphatic heterocycles. The summed E-state index contributed by atoms with van der Waals surface area (Å²) in [5.41, 5.74) is -3.77. The Hall–Kier alpha value is -1.21. The number of hydrogen-bond acceptors (Lipinski definition) is 4. The van der Waals surface area contributed by atoms with Gasteiger partial charge in [-0.3, -0.25) is 0 Å². The van der Waals surface area contributed by atoms with Crippen LogP contribution in [-0.4, -0.2) is 29.3 Å². The van der Waals surface area contributed by atoms with Crippen LogP contribution >= 0.6 is 24.3 Å². The molecule has 1 N–H and O–H groups in total. The maximum Gasteiger partial charge on any atom is 0.354 e. The van der Waals surface area contributed by atoms with Crippen molar-refractivity contribution in [1.29, 1.82) is 0 Å². The monoisotopic (exact) mass is 421 g/mol. The van der Waals surface area contributed by atoms with Crippen molar-refractivity contribution in [3.63, 3.8) is 0 Å². The maximum atomic E-state index is 14.8. The number of aromatic carboxylic acids is 1. The molecule has 0 radical (unpaired) electrons. The number of halogens is 3. The van der Waals surface area contributed by atoms with Crippen molar-refractivity contribution in [2.45, 2.75) is 19.5 Å². The van der Waals surface area contributed by atoms with E-state index in [1.54, 1.807) is 13.8 Å². The Morgan fingerprint density at radius 2 is 1.88 bits per heavy atom. The van der Waals surface area contributed by atoms with Gasteiger partial charge in [0.05, 0.1) is 13.2 Å². The van der Waals surface area contributed by atoms with Crippen LogP contribution < -0.4 is 0 Å². The predicted octanol–water partition coefficient (Wildman–Crippen LogP) is 5.13. The summed E-state index contributed by atoms with van der Waals surface area (Å²) in [6.07, 6.45) is 1.26. The van der Waals surface area contributed by atoms with E-state index in [0.29, 0.717) is 10.8 Å². The van der Waals surface area contributed by atoms with E-state index in [-0.39, 0.29) is 28.9 Å². The minimum atomic E-state index is -3.33. The van der Waals surface area contributed by atoms with Gasteiger partial charge in [-0.25, -0.2) is 9.78 Å². The number of fused-ring (bicyclic) bond motifs is 1. The quantitative estimate of drug-likeness (QED) is 0.627. The molecule has 2 rings (SSSR count). The molecular formula is C15H15BrF2NO4P. The summed E-state index contributed by atoms with van der Waals surface area (Å²) in [6, 6.07) is 4.04. The van der Waals surface area contributed by atoms with Crippen LogP contribution in [0.25, 0.3) is 10.8 Å². The summed E-state index contributed by atoms with van der Waals surface area (Å²) in [6.45, 7) is 3.46. The normalized spacial score (nSPS) is 12.1. The van der Waals surface area contributed by atoms with Gasteiger partial charge in [0.25, 0.3) is 8.38 Å². The smallest absolute Gasteiger partial charge is 0.354 e. The molecule has 0 spiro atoms. The van der Waals surface area contributed by atoms with E-state index in [0.717, 1.165) is 0 Å². The molecule has 0 fully saturated rings. The largest absolute Gasteiger partial charge is 0.477 e. The molecule has 0 saturated carbocycles. The fourth-order valence-corrected chi connectivity index (χ4v) is 4.06. The first kappa shape index (κ1) is 19.1. The van der Waals surface area contributed by atoms with E-state index in [9.17, 15) is 13.6 Å². The molecule has 24 heavy (non-hydrogen) atoms. The molecule has 0 aliphatic carbocycles. The van der Waals surface area contributed by atoms with Gasteiger partial charge in [0.2, 0.25) is 0 Å². The molecule has 0 bridgehead atoms. The summed E-state index contributed by atoms with van der Waals surface area (Å²) in [5, 5.41) is 9.86. The number of carbonyl (C=O) groups is 1. The third-order valence-corrected chi connectivity index (χ3v) is 5.41. The van der Waals surface area contributed by atoms with E-state index in [1.165, 1.54) is 24.4 Å². The van der Waals surface area contributed by atoms with Gasteiger partial charge in [-0.1, -0.05) is 15.9 Å². The zero-order valence-electron chi connectivity index (χ0n) is 12.9. The predicted molar refractivity (Wildman–Crippen MR) is 90.5 cm³/mol. The molecule has 0 unspecified atom stereocenters. The van der Waals surface area contributed by atoms with E-state index in [2.05, 4.69) is 20.9 Å². The lowest BCUT2D eigenvalue weighted by Gasteiger charge is -2.26. The fraction of sp³-hybridized carbons (Fsp3) is 0.333. The highest BCUT2D eigenvalue weighted by Crippen LogP contribution is 2.61. The Kier molecular flexibility index (Phi) is 6.20. The average Bonchev–Trinajstić information content (AvgIpc) is 2.53. The molecule has 1 heterocycles. The van der Waals surface area contributed by atoms with E-state index in [4.69, 9.17) is 14.2 Å². The number of aromatic nitrogens is 1. The molecule has 1 aromatic heterocycles. The Labute approximate surface area is 147 Å². The first-order chi connectivity index (χ1) is 11.3. The van der Waals surface area contributed by atoms with Gasteiger partial charge < -0.3 is 14.2 Å². The average molecular weight is 422 g/mol. The number of alkyl halides is 2. The zero-order chi connectivity index (χ0) is 17.9.